The zero-order valence-corrected chi connectivity index (χ0v) is 8.22. The molecule has 0 aliphatic rings. The quantitative estimate of drug-likeness (QED) is 0.558. The van der Waals surface area contributed by atoms with Gasteiger partial charge < -0.3 is 11.5 Å². The predicted octanol–water partition coefficient (Wildman–Crippen LogP) is 0.800. The lowest BCUT2D eigenvalue weighted by molar-refractivity contribution is 0.0999. The summed E-state index contributed by atoms with van der Waals surface area (Å²) in [6.45, 7) is 0. The minimum absolute atomic E-state index is 0. The van der Waals surface area contributed by atoms with E-state index in [1.165, 1.54) is 0 Å². The zero-order valence-electron chi connectivity index (χ0n) is 7.41. The van der Waals surface area contributed by atoms with E-state index in [0.717, 1.165) is 12.1 Å². The van der Waals surface area contributed by atoms with E-state index in [4.69, 9.17) is 11.5 Å². The van der Waals surface area contributed by atoms with Crippen LogP contribution in [0.1, 0.15) is 10.4 Å². The predicted molar refractivity (Wildman–Crippen MR) is 53.7 cm³/mol. The average molecular weight is 236 g/mol. The number of carbonyl (C=O) groups excluding carboxylic acids is 1. The highest BCUT2D eigenvalue weighted by atomic mass is 35.5. The standard InChI is InChI=1S/C8H7F2N3O.ClH/c9-4-1-2-5(6(10)3-4)7(14)13-8(11)12;/h1-3H,(H4,11,12,13,14);1H. The van der Waals surface area contributed by atoms with Crippen molar-refractivity contribution in [1.82, 2.24) is 0 Å². The maximum atomic E-state index is 12.9. The number of halogens is 3. The number of nitrogens with two attached hydrogens (primary N) is 2. The van der Waals surface area contributed by atoms with E-state index < -0.39 is 23.5 Å². The molecule has 0 unspecified atom stereocenters. The Hall–Kier alpha value is -1.69. The molecule has 82 valence electrons. The molecule has 4 nitrogen and oxygen atoms in total. The maximum Gasteiger partial charge on any atom is 0.283 e. The molecule has 0 aromatic heterocycles. The van der Waals surface area contributed by atoms with E-state index >= 15 is 0 Å². The van der Waals surface area contributed by atoms with Crippen molar-refractivity contribution in [3.05, 3.63) is 35.4 Å². The summed E-state index contributed by atoms with van der Waals surface area (Å²) in [5.41, 5.74) is 9.47. The van der Waals surface area contributed by atoms with Crippen LogP contribution in [-0.4, -0.2) is 11.9 Å². The molecule has 0 atom stereocenters. The molecule has 0 bridgehead atoms. The van der Waals surface area contributed by atoms with Crippen LogP contribution in [0.2, 0.25) is 0 Å². The van der Waals surface area contributed by atoms with Crippen molar-refractivity contribution in [1.29, 1.82) is 0 Å². The van der Waals surface area contributed by atoms with Gasteiger partial charge in [-0.05, 0) is 12.1 Å². The fourth-order valence-electron chi connectivity index (χ4n) is 0.840. The first-order valence-electron chi connectivity index (χ1n) is 3.59. The molecule has 0 saturated heterocycles. The fraction of sp³-hybridized carbons (Fsp3) is 0. The third kappa shape index (κ3) is 3.51. The van der Waals surface area contributed by atoms with Crippen molar-refractivity contribution in [3.63, 3.8) is 0 Å². The highest BCUT2D eigenvalue weighted by Gasteiger charge is 2.11. The molecule has 0 radical (unpaired) electrons. The monoisotopic (exact) mass is 235 g/mol. The second-order valence-electron chi connectivity index (χ2n) is 2.47. The molecule has 0 heterocycles. The van der Waals surface area contributed by atoms with Crippen molar-refractivity contribution in [2.24, 2.45) is 16.5 Å². The molecule has 1 aromatic carbocycles. The van der Waals surface area contributed by atoms with Gasteiger partial charge in [0, 0.05) is 6.07 Å². The third-order valence-corrected chi connectivity index (χ3v) is 1.39. The molecule has 1 aromatic rings. The van der Waals surface area contributed by atoms with Gasteiger partial charge in [-0.3, -0.25) is 4.79 Å². The van der Waals surface area contributed by atoms with Gasteiger partial charge in [0.1, 0.15) is 11.6 Å². The smallest absolute Gasteiger partial charge is 0.283 e. The van der Waals surface area contributed by atoms with Gasteiger partial charge in [-0.1, -0.05) is 0 Å². The van der Waals surface area contributed by atoms with Crippen LogP contribution in [0, 0.1) is 11.6 Å². The van der Waals surface area contributed by atoms with E-state index in [-0.39, 0.29) is 18.0 Å². The molecule has 4 N–H and O–H groups in total. The largest absolute Gasteiger partial charge is 0.370 e. The third-order valence-electron chi connectivity index (χ3n) is 1.39. The van der Waals surface area contributed by atoms with E-state index in [1.54, 1.807) is 0 Å². The first-order chi connectivity index (χ1) is 6.50. The van der Waals surface area contributed by atoms with Gasteiger partial charge in [-0.15, -0.1) is 12.4 Å². The van der Waals surface area contributed by atoms with Gasteiger partial charge in [-0.25, -0.2) is 8.78 Å². The Bertz CT molecular complexity index is 405. The van der Waals surface area contributed by atoms with Crippen LogP contribution in [-0.2, 0) is 0 Å². The number of amides is 1. The first-order valence-corrected chi connectivity index (χ1v) is 3.59. The second-order valence-corrected chi connectivity index (χ2v) is 2.47. The van der Waals surface area contributed by atoms with E-state index in [9.17, 15) is 13.6 Å². The van der Waals surface area contributed by atoms with Crippen LogP contribution >= 0.6 is 12.4 Å². The summed E-state index contributed by atoms with van der Waals surface area (Å²) in [5, 5.41) is 0. The second kappa shape index (κ2) is 5.26. The van der Waals surface area contributed by atoms with Gasteiger partial charge in [0.25, 0.3) is 5.91 Å². The summed E-state index contributed by atoms with van der Waals surface area (Å²) in [5.74, 6) is -3.19. The Morgan fingerprint density at radius 1 is 1.27 bits per heavy atom. The Kier molecular flexibility index (Phi) is 4.66. The van der Waals surface area contributed by atoms with Gasteiger partial charge in [0.15, 0.2) is 5.96 Å². The van der Waals surface area contributed by atoms with Crippen LogP contribution in [0.4, 0.5) is 8.78 Å². The molecule has 7 heteroatoms. The lowest BCUT2D eigenvalue weighted by Crippen LogP contribution is -2.24. The molecular formula is C8H8ClF2N3O. The van der Waals surface area contributed by atoms with Crippen LogP contribution in [0.15, 0.2) is 23.2 Å². The number of hydrogen-bond donors (Lipinski definition) is 2. The van der Waals surface area contributed by atoms with Gasteiger partial charge in [0.2, 0.25) is 0 Å². The molecule has 15 heavy (non-hydrogen) atoms. The van der Waals surface area contributed by atoms with Crippen molar-refractivity contribution in [2.45, 2.75) is 0 Å². The minimum Gasteiger partial charge on any atom is -0.370 e. The molecule has 0 fully saturated rings. The zero-order chi connectivity index (χ0) is 10.7. The molecule has 0 aliphatic heterocycles. The molecule has 1 rings (SSSR count). The van der Waals surface area contributed by atoms with E-state index in [0.29, 0.717) is 6.07 Å². The molecule has 1 amide bonds. The summed E-state index contributed by atoms with van der Waals surface area (Å²) in [4.78, 5) is 14.2. The highest BCUT2D eigenvalue weighted by Crippen LogP contribution is 2.10. The first kappa shape index (κ1) is 13.3. The lowest BCUT2D eigenvalue weighted by atomic mass is 10.2. The summed E-state index contributed by atoms with van der Waals surface area (Å²) >= 11 is 0. The van der Waals surface area contributed by atoms with Crippen molar-refractivity contribution in [3.8, 4) is 0 Å². The summed E-state index contributed by atoms with van der Waals surface area (Å²) in [7, 11) is 0. The van der Waals surface area contributed by atoms with Crippen molar-refractivity contribution >= 4 is 24.3 Å². The summed E-state index contributed by atoms with van der Waals surface area (Å²) in [6.07, 6.45) is 0. The highest BCUT2D eigenvalue weighted by molar-refractivity contribution is 6.01. The van der Waals surface area contributed by atoms with Crippen molar-refractivity contribution < 1.29 is 13.6 Å². The minimum atomic E-state index is -1.000. The number of hydrogen-bond acceptors (Lipinski definition) is 1. The number of nitrogens with zero attached hydrogens (tertiary/aromatic N) is 1. The van der Waals surface area contributed by atoms with E-state index in [1.807, 2.05) is 0 Å². The van der Waals surface area contributed by atoms with Crippen LogP contribution < -0.4 is 11.5 Å². The molecular weight excluding hydrogens is 228 g/mol. The maximum absolute atomic E-state index is 12.9. The Balaban J connectivity index is 0.00000196. The van der Waals surface area contributed by atoms with Gasteiger partial charge in [-0.2, -0.15) is 4.99 Å². The Morgan fingerprint density at radius 3 is 2.33 bits per heavy atom. The van der Waals surface area contributed by atoms with Crippen LogP contribution in [0.3, 0.4) is 0 Å². The van der Waals surface area contributed by atoms with E-state index in [2.05, 4.69) is 4.99 Å². The summed E-state index contributed by atoms with van der Waals surface area (Å²) < 4.78 is 25.4. The Morgan fingerprint density at radius 2 is 1.87 bits per heavy atom. The topological polar surface area (TPSA) is 81.5 Å². The molecule has 0 aliphatic carbocycles. The molecule has 0 saturated carbocycles. The Labute approximate surface area is 90.4 Å². The number of aliphatic imine (C=N–C) groups is 1. The van der Waals surface area contributed by atoms with Crippen LogP contribution in [0.25, 0.3) is 0 Å². The lowest BCUT2D eigenvalue weighted by Gasteiger charge is -1.97. The normalized spacial score (nSPS) is 8.93. The molecule has 0 spiro atoms. The van der Waals surface area contributed by atoms with Crippen molar-refractivity contribution in [2.75, 3.05) is 0 Å². The SMILES string of the molecule is Cl.NC(N)=NC(=O)c1ccc(F)cc1F. The number of carbonyl (C=O) groups is 1. The van der Waals surface area contributed by atoms with Gasteiger partial charge >= 0.3 is 0 Å². The number of benzene rings is 1. The average Bonchev–Trinajstić information content (AvgIpc) is 2.01. The van der Waals surface area contributed by atoms with Gasteiger partial charge in [0.05, 0.1) is 5.56 Å². The number of guanidine groups is 1. The summed E-state index contributed by atoms with van der Waals surface area (Å²) in [6, 6.07) is 2.49. The van der Waals surface area contributed by atoms with Crippen LogP contribution in [0.5, 0.6) is 0 Å². The number of rotatable bonds is 1. The fourth-order valence-corrected chi connectivity index (χ4v) is 0.840.